The highest BCUT2D eigenvalue weighted by molar-refractivity contribution is 6.02. The van der Waals surface area contributed by atoms with Gasteiger partial charge < -0.3 is 5.11 Å². The van der Waals surface area contributed by atoms with Gasteiger partial charge in [-0.3, -0.25) is 9.69 Å². The van der Waals surface area contributed by atoms with Crippen molar-refractivity contribution in [3.05, 3.63) is 29.8 Å². The molecule has 1 fully saturated rings. The largest absolute Gasteiger partial charge is 0.480 e. The zero-order chi connectivity index (χ0) is 14.2. The SMILES string of the molecule is O=C(O)C1CCC(=O)N1c1ccc(C(F)(F)F)cc1. The number of hydrogen-bond donors (Lipinski definition) is 1. The summed E-state index contributed by atoms with van der Waals surface area (Å²) in [6.07, 6.45) is -4.22. The predicted molar refractivity (Wildman–Crippen MR) is 59.6 cm³/mol. The number of carboxylic acid groups (broad SMARTS) is 1. The molecular formula is C12H10F3NO3. The zero-order valence-electron chi connectivity index (χ0n) is 9.65. The third-order valence-corrected chi connectivity index (χ3v) is 2.97. The smallest absolute Gasteiger partial charge is 0.416 e. The number of benzene rings is 1. The van der Waals surface area contributed by atoms with Crippen molar-refractivity contribution in [2.45, 2.75) is 25.1 Å². The van der Waals surface area contributed by atoms with Crippen molar-refractivity contribution in [3.8, 4) is 0 Å². The van der Waals surface area contributed by atoms with Crippen LogP contribution < -0.4 is 4.90 Å². The minimum atomic E-state index is -4.46. The van der Waals surface area contributed by atoms with Crippen LogP contribution in [-0.2, 0) is 15.8 Å². The van der Waals surface area contributed by atoms with Crippen LogP contribution in [0.2, 0.25) is 0 Å². The van der Waals surface area contributed by atoms with E-state index in [-0.39, 0.29) is 18.5 Å². The molecule has 1 N–H and O–H groups in total. The summed E-state index contributed by atoms with van der Waals surface area (Å²) < 4.78 is 37.2. The quantitative estimate of drug-likeness (QED) is 0.899. The van der Waals surface area contributed by atoms with E-state index < -0.39 is 29.7 Å². The molecular weight excluding hydrogens is 263 g/mol. The summed E-state index contributed by atoms with van der Waals surface area (Å²) in [7, 11) is 0. The Kier molecular flexibility index (Phi) is 3.21. The van der Waals surface area contributed by atoms with Crippen LogP contribution >= 0.6 is 0 Å². The fourth-order valence-electron chi connectivity index (χ4n) is 2.05. The minimum absolute atomic E-state index is 0.0813. The average Bonchev–Trinajstić information content (AvgIpc) is 2.70. The average molecular weight is 273 g/mol. The van der Waals surface area contributed by atoms with E-state index in [1.165, 1.54) is 0 Å². The van der Waals surface area contributed by atoms with Gasteiger partial charge in [-0.05, 0) is 30.7 Å². The van der Waals surface area contributed by atoms with E-state index in [9.17, 15) is 22.8 Å². The van der Waals surface area contributed by atoms with Crippen molar-refractivity contribution in [3.63, 3.8) is 0 Å². The van der Waals surface area contributed by atoms with E-state index in [1.807, 2.05) is 0 Å². The Hall–Kier alpha value is -2.05. The Morgan fingerprint density at radius 2 is 1.84 bits per heavy atom. The highest BCUT2D eigenvalue weighted by atomic mass is 19.4. The molecule has 1 atom stereocenters. The number of carbonyl (C=O) groups excluding carboxylic acids is 1. The highest BCUT2D eigenvalue weighted by Crippen LogP contribution is 2.32. The number of alkyl halides is 3. The molecule has 1 unspecified atom stereocenters. The molecule has 1 aliphatic rings. The summed E-state index contributed by atoms with van der Waals surface area (Å²) in [5.74, 6) is -1.56. The Morgan fingerprint density at radius 1 is 1.26 bits per heavy atom. The van der Waals surface area contributed by atoms with Gasteiger partial charge >= 0.3 is 12.1 Å². The molecule has 0 aliphatic carbocycles. The van der Waals surface area contributed by atoms with E-state index in [4.69, 9.17) is 5.11 Å². The second-order valence-corrected chi connectivity index (χ2v) is 4.20. The van der Waals surface area contributed by atoms with Gasteiger partial charge in [-0.25, -0.2) is 4.79 Å². The van der Waals surface area contributed by atoms with Crippen molar-refractivity contribution in [2.24, 2.45) is 0 Å². The minimum Gasteiger partial charge on any atom is -0.480 e. The molecule has 19 heavy (non-hydrogen) atoms. The molecule has 0 bridgehead atoms. The van der Waals surface area contributed by atoms with Crippen molar-refractivity contribution in [1.82, 2.24) is 0 Å². The maximum atomic E-state index is 12.4. The van der Waals surface area contributed by atoms with Gasteiger partial charge in [0.15, 0.2) is 0 Å². The molecule has 0 spiro atoms. The molecule has 2 rings (SSSR count). The van der Waals surface area contributed by atoms with E-state index in [0.29, 0.717) is 0 Å². The van der Waals surface area contributed by atoms with E-state index in [2.05, 4.69) is 0 Å². The first kappa shape index (κ1) is 13.4. The summed E-state index contributed by atoms with van der Waals surface area (Å²) in [4.78, 5) is 23.6. The van der Waals surface area contributed by atoms with Crippen molar-refractivity contribution < 1.29 is 27.9 Å². The lowest BCUT2D eigenvalue weighted by molar-refractivity contribution is -0.139. The van der Waals surface area contributed by atoms with Crippen molar-refractivity contribution in [1.29, 1.82) is 0 Å². The number of aliphatic carboxylic acids is 1. The monoisotopic (exact) mass is 273 g/mol. The first-order valence-corrected chi connectivity index (χ1v) is 5.53. The number of hydrogen-bond acceptors (Lipinski definition) is 2. The van der Waals surface area contributed by atoms with Crippen LogP contribution in [0.15, 0.2) is 24.3 Å². The lowest BCUT2D eigenvalue weighted by Crippen LogP contribution is -2.38. The van der Waals surface area contributed by atoms with Crippen molar-refractivity contribution in [2.75, 3.05) is 4.90 Å². The van der Waals surface area contributed by atoms with Gasteiger partial charge in [-0.2, -0.15) is 13.2 Å². The van der Waals surface area contributed by atoms with E-state index in [0.717, 1.165) is 29.2 Å². The molecule has 1 aromatic carbocycles. The van der Waals surface area contributed by atoms with Crippen molar-refractivity contribution >= 4 is 17.6 Å². The molecule has 102 valence electrons. The molecule has 1 heterocycles. The summed E-state index contributed by atoms with van der Waals surface area (Å²) in [5.41, 5.74) is -0.669. The summed E-state index contributed by atoms with van der Waals surface area (Å²) in [6.45, 7) is 0. The van der Waals surface area contributed by atoms with Gasteiger partial charge in [0.05, 0.1) is 5.56 Å². The number of carboxylic acids is 1. The van der Waals surface area contributed by atoms with E-state index in [1.54, 1.807) is 0 Å². The standard InChI is InChI=1S/C12H10F3NO3/c13-12(14,15)7-1-3-8(4-2-7)16-9(11(18)19)5-6-10(16)17/h1-4,9H,5-6H2,(H,18,19). The van der Waals surface area contributed by atoms with E-state index >= 15 is 0 Å². The normalized spacial score (nSPS) is 19.8. The zero-order valence-corrected chi connectivity index (χ0v) is 9.65. The van der Waals surface area contributed by atoms with Crippen LogP contribution in [0.4, 0.5) is 18.9 Å². The van der Waals surface area contributed by atoms with Crippen LogP contribution in [0, 0.1) is 0 Å². The summed E-state index contributed by atoms with van der Waals surface area (Å²) >= 11 is 0. The third kappa shape index (κ3) is 2.54. The van der Waals surface area contributed by atoms with Crippen LogP contribution in [0.25, 0.3) is 0 Å². The number of carbonyl (C=O) groups is 2. The Bertz CT molecular complexity index is 510. The van der Waals surface area contributed by atoms with Gasteiger partial charge in [0.2, 0.25) is 5.91 Å². The number of halogens is 3. The lowest BCUT2D eigenvalue weighted by atomic mass is 10.1. The number of rotatable bonds is 2. The molecule has 1 amide bonds. The molecule has 0 aromatic heterocycles. The summed E-state index contributed by atoms with van der Waals surface area (Å²) in [5, 5.41) is 8.97. The molecule has 7 heteroatoms. The Balaban J connectivity index is 2.31. The first-order chi connectivity index (χ1) is 8.80. The fraction of sp³-hybridized carbons (Fsp3) is 0.333. The van der Waals surface area contributed by atoms with Gasteiger partial charge in [0, 0.05) is 12.1 Å². The number of anilines is 1. The second-order valence-electron chi connectivity index (χ2n) is 4.20. The Labute approximate surface area is 106 Å². The second kappa shape index (κ2) is 4.56. The van der Waals surface area contributed by atoms with Crippen LogP contribution in [0.3, 0.4) is 0 Å². The number of amides is 1. The predicted octanol–water partition coefficient (Wildman–Crippen LogP) is 2.29. The molecule has 1 aliphatic heterocycles. The first-order valence-electron chi connectivity index (χ1n) is 5.53. The lowest BCUT2D eigenvalue weighted by Gasteiger charge is -2.22. The molecule has 0 radical (unpaired) electrons. The maximum absolute atomic E-state index is 12.4. The highest BCUT2D eigenvalue weighted by Gasteiger charge is 2.37. The molecule has 0 saturated carbocycles. The third-order valence-electron chi connectivity index (χ3n) is 2.97. The van der Waals surface area contributed by atoms with Gasteiger partial charge in [0.1, 0.15) is 6.04 Å². The molecule has 1 saturated heterocycles. The molecule has 4 nitrogen and oxygen atoms in total. The van der Waals surface area contributed by atoms with Gasteiger partial charge in [0.25, 0.3) is 0 Å². The van der Waals surface area contributed by atoms with Crippen LogP contribution in [0.5, 0.6) is 0 Å². The molecule has 1 aromatic rings. The Morgan fingerprint density at radius 3 is 2.32 bits per heavy atom. The van der Waals surface area contributed by atoms with Gasteiger partial charge in [-0.1, -0.05) is 0 Å². The fourth-order valence-corrected chi connectivity index (χ4v) is 2.05. The van der Waals surface area contributed by atoms with Gasteiger partial charge in [-0.15, -0.1) is 0 Å². The topological polar surface area (TPSA) is 57.6 Å². The maximum Gasteiger partial charge on any atom is 0.416 e. The number of nitrogens with zero attached hydrogens (tertiary/aromatic N) is 1. The van der Waals surface area contributed by atoms with Crippen LogP contribution in [-0.4, -0.2) is 23.0 Å². The van der Waals surface area contributed by atoms with Crippen LogP contribution in [0.1, 0.15) is 18.4 Å². The summed E-state index contributed by atoms with van der Waals surface area (Å²) in [6, 6.07) is 2.88.